The van der Waals surface area contributed by atoms with Crippen molar-refractivity contribution in [3.05, 3.63) is 35.4 Å². The monoisotopic (exact) mass is 396 g/mol. The van der Waals surface area contributed by atoms with Gasteiger partial charge in [0.1, 0.15) is 5.69 Å². The number of aromatic amines is 1. The molecule has 4 heterocycles. The normalized spacial score (nSPS) is 21.8. The van der Waals surface area contributed by atoms with Crippen LogP contribution in [0.4, 0.5) is 19.1 Å². The third kappa shape index (κ3) is 4.27. The van der Waals surface area contributed by atoms with Crippen molar-refractivity contribution >= 4 is 5.95 Å². The van der Waals surface area contributed by atoms with Crippen LogP contribution in [0.1, 0.15) is 35.7 Å². The molecular formula is C18H23F3N6O. The molecule has 2 aromatic heterocycles. The molecule has 7 nitrogen and oxygen atoms in total. The Kier molecular flexibility index (Phi) is 5.49. The van der Waals surface area contributed by atoms with E-state index in [0.29, 0.717) is 13.1 Å². The number of H-pyrrole nitrogens is 1. The molecule has 10 heteroatoms. The second-order valence-corrected chi connectivity index (χ2v) is 7.22. The van der Waals surface area contributed by atoms with Gasteiger partial charge in [-0.25, -0.2) is 9.97 Å². The number of alkyl halides is 3. The van der Waals surface area contributed by atoms with Crippen LogP contribution in [0.5, 0.6) is 0 Å². The molecule has 0 aromatic carbocycles. The molecule has 2 aliphatic rings. The summed E-state index contributed by atoms with van der Waals surface area (Å²) in [7, 11) is 0. The number of hydrogen-bond donors (Lipinski definition) is 1. The van der Waals surface area contributed by atoms with Gasteiger partial charge >= 0.3 is 6.18 Å². The second-order valence-electron chi connectivity index (χ2n) is 7.22. The Morgan fingerprint density at radius 3 is 2.82 bits per heavy atom. The molecule has 0 radical (unpaired) electrons. The van der Waals surface area contributed by atoms with E-state index >= 15 is 0 Å². The zero-order valence-electron chi connectivity index (χ0n) is 15.5. The van der Waals surface area contributed by atoms with Crippen LogP contribution in [0.2, 0.25) is 0 Å². The second kappa shape index (κ2) is 8.04. The number of nitrogens with zero attached hydrogens (tertiary/aromatic N) is 5. The number of piperidine rings is 1. The highest BCUT2D eigenvalue weighted by Gasteiger charge is 2.34. The summed E-state index contributed by atoms with van der Waals surface area (Å²) >= 11 is 0. The van der Waals surface area contributed by atoms with Crippen LogP contribution in [0.15, 0.2) is 18.5 Å². The minimum atomic E-state index is -4.47. The van der Waals surface area contributed by atoms with Crippen LogP contribution in [0.25, 0.3) is 0 Å². The van der Waals surface area contributed by atoms with E-state index in [4.69, 9.17) is 4.74 Å². The highest BCUT2D eigenvalue weighted by atomic mass is 19.4. The lowest BCUT2D eigenvalue weighted by atomic mass is 9.92. The van der Waals surface area contributed by atoms with Gasteiger partial charge in [0.05, 0.1) is 19.4 Å². The average molecular weight is 396 g/mol. The van der Waals surface area contributed by atoms with Gasteiger partial charge in [0, 0.05) is 56.1 Å². The van der Waals surface area contributed by atoms with Gasteiger partial charge in [0.15, 0.2) is 0 Å². The summed E-state index contributed by atoms with van der Waals surface area (Å²) in [4.78, 5) is 12.0. The maximum absolute atomic E-state index is 13.0. The maximum atomic E-state index is 13.0. The molecule has 4 rings (SSSR count). The molecule has 2 aromatic rings. The summed E-state index contributed by atoms with van der Waals surface area (Å²) in [5.41, 5.74) is 1.29. The van der Waals surface area contributed by atoms with Crippen molar-refractivity contribution in [1.29, 1.82) is 0 Å². The fourth-order valence-electron chi connectivity index (χ4n) is 3.85. The van der Waals surface area contributed by atoms with E-state index < -0.39 is 11.9 Å². The van der Waals surface area contributed by atoms with Crippen molar-refractivity contribution in [1.82, 2.24) is 25.1 Å². The zero-order chi connectivity index (χ0) is 19.6. The molecule has 1 unspecified atom stereocenters. The highest BCUT2D eigenvalue weighted by Crippen LogP contribution is 2.32. The molecule has 0 saturated carbocycles. The van der Waals surface area contributed by atoms with E-state index in [0.717, 1.165) is 63.0 Å². The lowest BCUT2D eigenvalue weighted by Gasteiger charge is -2.33. The van der Waals surface area contributed by atoms with Crippen LogP contribution in [0.3, 0.4) is 0 Å². The van der Waals surface area contributed by atoms with E-state index in [1.807, 2.05) is 11.1 Å². The summed E-state index contributed by atoms with van der Waals surface area (Å²) in [6, 6.07) is 0.903. The molecule has 0 spiro atoms. The largest absolute Gasteiger partial charge is 0.433 e. The first kappa shape index (κ1) is 19.1. The van der Waals surface area contributed by atoms with Crippen molar-refractivity contribution in [3.63, 3.8) is 0 Å². The molecule has 28 heavy (non-hydrogen) atoms. The quantitative estimate of drug-likeness (QED) is 0.856. The van der Waals surface area contributed by atoms with Gasteiger partial charge in [0.25, 0.3) is 0 Å². The lowest BCUT2D eigenvalue weighted by Crippen LogP contribution is -2.37. The number of halogens is 3. The first-order chi connectivity index (χ1) is 13.5. The molecule has 0 amide bonds. The number of nitrogens with one attached hydrogen (secondary N) is 1. The molecule has 2 aliphatic heterocycles. The molecular weight excluding hydrogens is 373 g/mol. The van der Waals surface area contributed by atoms with E-state index in [9.17, 15) is 13.2 Å². The summed E-state index contributed by atoms with van der Waals surface area (Å²) in [5, 5.41) is 7.34. The number of anilines is 1. The van der Waals surface area contributed by atoms with Gasteiger partial charge in [-0.05, 0) is 18.9 Å². The van der Waals surface area contributed by atoms with E-state index in [1.165, 1.54) is 6.20 Å². The number of aromatic nitrogens is 4. The highest BCUT2D eigenvalue weighted by molar-refractivity contribution is 5.34. The average Bonchev–Trinajstić information content (AvgIpc) is 3.16. The Labute approximate surface area is 160 Å². The number of hydrogen-bond acceptors (Lipinski definition) is 6. The fourth-order valence-corrected chi connectivity index (χ4v) is 3.85. The lowest BCUT2D eigenvalue weighted by molar-refractivity contribution is -0.141. The van der Waals surface area contributed by atoms with Gasteiger partial charge in [-0.1, -0.05) is 0 Å². The number of rotatable bonds is 4. The Morgan fingerprint density at radius 1 is 1.21 bits per heavy atom. The minimum Gasteiger partial charge on any atom is -0.379 e. The zero-order valence-corrected chi connectivity index (χ0v) is 15.5. The first-order valence-corrected chi connectivity index (χ1v) is 9.48. The predicted molar refractivity (Wildman–Crippen MR) is 95.9 cm³/mol. The molecule has 1 N–H and O–H groups in total. The Bertz CT molecular complexity index is 790. The van der Waals surface area contributed by atoms with Crippen LogP contribution >= 0.6 is 0 Å². The van der Waals surface area contributed by atoms with E-state index in [2.05, 4.69) is 25.1 Å². The minimum absolute atomic E-state index is 0.133. The Hall–Kier alpha value is -2.20. The summed E-state index contributed by atoms with van der Waals surface area (Å²) in [6.07, 6.45) is 0.370. The molecule has 0 bridgehead atoms. The Balaban J connectivity index is 1.48. The van der Waals surface area contributed by atoms with Gasteiger partial charge in [-0.2, -0.15) is 18.3 Å². The number of morpholine rings is 1. The molecule has 2 saturated heterocycles. The van der Waals surface area contributed by atoms with Crippen LogP contribution in [-0.4, -0.2) is 64.5 Å². The van der Waals surface area contributed by atoms with Crippen molar-refractivity contribution in [2.75, 3.05) is 44.3 Å². The third-order valence-electron chi connectivity index (χ3n) is 5.29. The van der Waals surface area contributed by atoms with Gasteiger partial charge in [-0.15, -0.1) is 0 Å². The Morgan fingerprint density at radius 2 is 2.04 bits per heavy atom. The third-order valence-corrected chi connectivity index (χ3v) is 5.29. The van der Waals surface area contributed by atoms with Crippen molar-refractivity contribution in [2.24, 2.45) is 0 Å². The van der Waals surface area contributed by atoms with Crippen molar-refractivity contribution in [3.8, 4) is 0 Å². The van der Waals surface area contributed by atoms with Crippen LogP contribution < -0.4 is 4.90 Å². The van der Waals surface area contributed by atoms with E-state index in [1.54, 1.807) is 0 Å². The summed E-state index contributed by atoms with van der Waals surface area (Å²) < 4.78 is 44.3. The SMILES string of the molecule is FC(F)(F)c1ccnc(N2CCCC(c3[nH]ncc3CN3CCOCC3)C2)n1. The van der Waals surface area contributed by atoms with Crippen molar-refractivity contribution in [2.45, 2.75) is 31.5 Å². The molecule has 0 aliphatic carbocycles. The van der Waals surface area contributed by atoms with Crippen LogP contribution in [0, 0.1) is 0 Å². The van der Waals surface area contributed by atoms with Gasteiger partial charge in [-0.3, -0.25) is 10.00 Å². The molecule has 152 valence electrons. The summed E-state index contributed by atoms with van der Waals surface area (Å²) in [5.74, 6) is 0.291. The topological polar surface area (TPSA) is 70.2 Å². The standard InChI is InChI=1S/C18H23F3N6O/c19-18(20,21)15-3-4-22-17(24-15)27-5-1-2-13(12-27)16-14(10-23-25-16)11-26-6-8-28-9-7-26/h3-4,10,13H,1-2,5-9,11-12H2,(H,23,25). The predicted octanol–water partition coefficient (Wildman–Crippen LogP) is 2.43. The van der Waals surface area contributed by atoms with Gasteiger partial charge < -0.3 is 9.64 Å². The molecule has 2 fully saturated rings. The molecule has 1 atom stereocenters. The smallest absolute Gasteiger partial charge is 0.379 e. The van der Waals surface area contributed by atoms with Crippen molar-refractivity contribution < 1.29 is 17.9 Å². The summed E-state index contributed by atoms with van der Waals surface area (Å²) in [6.45, 7) is 5.25. The first-order valence-electron chi connectivity index (χ1n) is 9.48. The fraction of sp³-hybridized carbons (Fsp3) is 0.611. The van der Waals surface area contributed by atoms with Crippen LogP contribution in [-0.2, 0) is 17.5 Å². The number of ether oxygens (including phenoxy) is 1. The van der Waals surface area contributed by atoms with E-state index in [-0.39, 0.29) is 11.9 Å². The maximum Gasteiger partial charge on any atom is 0.433 e. The van der Waals surface area contributed by atoms with Gasteiger partial charge in [0.2, 0.25) is 5.95 Å².